The lowest BCUT2D eigenvalue weighted by Crippen LogP contribution is -2.56. The molecule has 0 unspecified atom stereocenters. The summed E-state index contributed by atoms with van der Waals surface area (Å²) in [4.78, 5) is 46.8. The summed E-state index contributed by atoms with van der Waals surface area (Å²) in [5.74, 6) is -0.123. The Labute approximate surface area is 186 Å². The first-order chi connectivity index (χ1) is 15.5. The standard InChI is InChI=1S/C25H26N4O3/c1-27-23(31)25(29(24(27)32)16-18-7-3-2-4-8-18)11-13-28(14-12-25)17-20-15-19-9-5-6-10-21(19)26-22(20)30/h2-10,15H,11-14,16-17H2,1H3,(H,26,30). The van der Waals surface area contributed by atoms with Crippen LogP contribution in [-0.2, 0) is 17.9 Å². The van der Waals surface area contributed by atoms with E-state index in [2.05, 4.69) is 9.88 Å². The lowest BCUT2D eigenvalue weighted by molar-refractivity contribution is -0.135. The summed E-state index contributed by atoms with van der Waals surface area (Å²) < 4.78 is 0. The first-order valence-electron chi connectivity index (χ1n) is 10.9. The van der Waals surface area contributed by atoms with Gasteiger partial charge in [-0.15, -0.1) is 0 Å². The Hall–Kier alpha value is -3.45. The van der Waals surface area contributed by atoms with Crippen LogP contribution in [0.25, 0.3) is 10.9 Å². The summed E-state index contributed by atoms with van der Waals surface area (Å²) in [6, 6.07) is 19.2. The molecule has 0 radical (unpaired) electrons. The van der Waals surface area contributed by atoms with E-state index in [0.29, 0.717) is 44.6 Å². The van der Waals surface area contributed by atoms with Gasteiger partial charge in [-0.05, 0) is 35.9 Å². The lowest BCUT2D eigenvalue weighted by atomic mass is 9.85. The maximum absolute atomic E-state index is 13.1. The van der Waals surface area contributed by atoms with Crippen LogP contribution in [0.15, 0.2) is 65.5 Å². The second kappa shape index (κ2) is 7.91. The Morgan fingerprint density at radius 2 is 1.59 bits per heavy atom. The van der Waals surface area contributed by atoms with Gasteiger partial charge in [0.2, 0.25) is 0 Å². The van der Waals surface area contributed by atoms with E-state index in [1.54, 1.807) is 11.9 Å². The van der Waals surface area contributed by atoms with Gasteiger partial charge in [-0.3, -0.25) is 19.4 Å². The fourth-order valence-electron chi connectivity index (χ4n) is 4.98. The van der Waals surface area contributed by atoms with E-state index < -0.39 is 5.54 Å². The number of carbonyl (C=O) groups excluding carboxylic acids is 2. The first kappa shape index (κ1) is 20.5. The summed E-state index contributed by atoms with van der Waals surface area (Å²) in [6.07, 6.45) is 1.11. The average Bonchev–Trinajstić information content (AvgIpc) is 2.98. The number of H-pyrrole nitrogens is 1. The molecule has 1 aromatic heterocycles. The highest BCUT2D eigenvalue weighted by atomic mass is 16.2. The molecule has 164 valence electrons. The number of hydrogen-bond acceptors (Lipinski definition) is 4. The number of likely N-dealkylation sites (tertiary alicyclic amines) is 1. The topological polar surface area (TPSA) is 76.7 Å². The molecule has 2 saturated heterocycles. The van der Waals surface area contributed by atoms with Crippen molar-refractivity contribution in [2.24, 2.45) is 0 Å². The Balaban J connectivity index is 1.35. The fourth-order valence-corrected chi connectivity index (χ4v) is 4.98. The molecule has 2 aromatic carbocycles. The number of nitrogens with zero attached hydrogens (tertiary/aromatic N) is 3. The first-order valence-corrected chi connectivity index (χ1v) is 10.9. The minimum absolute atomic E-state index is 0.0819. The summed E-state index contributed by atoms with van der Waals surface area (Å²) >= 11 is 0. The van der Waals surface area contributed by atoms with Crippen LogP contribution in [0.5, 0.6) is 0 Å². The van der Waals surface area contributed by atoms with Crippen LogP contribution in [0.3, 0.4) is 0 Å². The van der Waals surface area contributed by atoms with Gasteiger partial charge >= 0.3 is 6.03 Å². The van der Waals surface area contributed by atoms with Gasteiger partial charge in [-0.1, -0.05) is 48.5 Å². The van der Waals surface area contributed by atoms with E-state index in [1.165, 1.54) is 4.90 Å². The minimum Gasteiger partial charge on any atom is -0.322 e. The number of rotatable bonds is 4. The van der Waals surface area contributed by atoms with Gasteiger partial charge in [0.15, 0.2) is 0 Å². The van der Waals surface area contributed by atoms with Crippen LogP contribution in [-0.4, -0.2) is 57.3 Å². The Kier molecular flexibility index (Phi) is 5.06. The number of urea groups is 1. The molecule has 1 N–H and O–H groups in total. The van der Waals surface area contributed by atoms with Gasteiger partial charge < -0.3 is 9.88 Å². The molecule has 32 heavy (non-hydrogen) atoms. The van der Waals surface area contributed by atoms with Crippen molar-refractivity contribution in [3.63, 3.8) is 0 Å². The van der Waals surface area contributed by atoms with Crippen molar-refractivity contribution in [1.29, 1.82) is 0 Å². The van der Waals surface area contributed by atoms with E-state index in [9.17, 15) is 14.4 Å². The Bertz CT molecular complexity index is 1230. The van der Waals surface area contributed by atoms with Crippen LogP contribution >= 0.6 is 0 Å². The molecule has 3 aromatic rings. The van der Waals surface area contributed by atoms with Crippen LogP contribution < -0.4 is 5.56 Å². The van der Waals surface area contributed by atoms with E-state index in [4.69, 9.17) is 0 Å². The smallest absolute Gasteiger partial charge is 0.322 e. The number of pyridine rings is 1. The van der Waals surface area contributed by atoms with Gasteiger partial charge in [0.1, 0.15) is 5.54 Å². The van der Waals surface area contributed by atoms with E-state index in [0.717, 1.165) is 16.5 Å². The van der Waals surface area contributed by atoms with Gasteiger partial charge in [-0.25, -0.2) is 4.79 Å². The quantitative estimate of drug-likeness (QED) is 0.646. The maximum atomic E-state index is 13.1. The van der Waals surface area contributed by atoms with Crippen molar-refractivity contribution in [2.75, 3.05) is 20.1 Å². The molecule has 3 heterocycles. The van der Waals surface area contributed by atoms with Gasteiger partial charge in [0.25, 0.3) is 11.5 Å². The molecule has 2 aliphatic rings. The third kappa shape index (κ3) is 3.39. The van der Waals surface area contributed by atoms with Crippen LogP contribution in [0.4, 0.5) is 4.79 Å². The van der Waals surface area contributed by atoms with Crippen molar-refractivity contribution < 1.29 is 9.59 Å². The number of piperidine rings is 1. The molecule has 0 atom stereocenters. The molecule has 7 heteroatoms. The van der Waals surface area contributed by atoms with Crippen LogP contribution in [0.2, 0.25) is 0 Å². The predicted molar refractivity (Wildman–Crippen MR) is 122 cm³/mol. The zero-order chi connectivity index (χ0) is 22.3. The van der Waals surface area contributed by atoms with E-state index in [1.807, 2.05) is 60.7 Å². The SMILES string of the molecule is CN1C(=O)N(Cc2ccccc2)C2(CCN(Cc3cc4ccccc4[nH]c3=O)CC2)C1=O. The molecule has 5 rings (SSSR count). The van der Waals surface area contributed by atoms with Crippen LogP contribution in [0, 0.1) is 0 Å². The van der Waals surface area contributed by atoms with Gasteiger partial charge in [0.05, 0.1) is 0 Å². The number of nitrogens with one attached hydrogen (secondary N) is 1. The Morgan fingerprint density at radius 3 is 2.34 bits per heavy atom. The number of amides is 3. The minimum atomic E-state index is -0.812. The number of aromatic nitrogens is 1. The number of hydrogen-bond donors (Lipinski definition) is 1. The number of aromatic amines is 1. The Morgan fingerprint density at radius 1 is 0.906 bits per heavy atom. The molecule has 0 bridgehead atoms. The van der Waals surface area contributed by atoms with Crippen molar-refractivity contribution in [2.45, 2.75) is 31.5 Å². The molecule has 2 fully saturated rings. The van der Waals surface area contributed by atoms with Crippen molar-refractivity contribution >= 4 is 22.8 Å². The largest absolute Gasteiger partial charge is 0.327 e. The van der Waals surface area contributed by atoms with Crippen molar-refractivity contribution in [3.8, 4) is 0 Å². The summed E-state index contributed by atoms with van der Waals surface area (Å²) in [5.41, 5.74) is 1.66. The summed E-state index contributed by atoms with van der Waals surface area (Å²) in [7, 11) is 1.57. The monoisotopic (exact) mass is 430 g/mol. The number of likely N-dealkylation sites (N-methyl/N-ethyl adjacent to an activating group) is 1. The summed E-state index contributed by atoms with van der Waals surface area (Å²) in [5, 5.41) is 1.00. The molecule has 2 aliphatic heterocycles. The second-order valence-electron chi connectivity index (χ2n) is 8.74. The molecule has 0 aliphatic carbocycles. The molecule has 3 amide bonds. The van der Waals surface area contributed by atoms with Gasteiger partial charge in [0, 0.05) is 44.3 Å². The highest BCUT2D eigenvalue weighted by molar-refractivity contribution is 6.06. The zero-order valence-electron chi connectivity index (χ0n) is 18.1. The maximum Gasteiger partial charge on any atom is 0.327 e. The average molecular weight is 431 g/mol. The summed E-state index contributed by atoms with van der Waals surface area (Å²) in [6.45, 7) is 2.22. The molecular formula is C25H26N4O3. The number of carbonyl (C=O) groups is 2. The molecular weight excluding hydrogens is 404 g/mol. The highest BCUT2D eigenvalue weighted by Gasteiger charge is 2.56. The van der Waals surface area contributed by atoms with Crippen LogP contribution in [0.1, 0.15) is 24.0 Å². The second-order valence-corrected chi connectivity index (χ2v) is 8.74. The van der Waals surface area contributed by atoms with Crippen molar-refractivity contribution in [1.82, 2.24) is 19.7 Å². The predicted octanol–water partition coefficient (Wildman–Crippen LogP) is 2.96. The zero-order valence-corrected chi connectivity index (χ0v) is 18.1. The molecule has 7 nitrogen and oxygen atoms in total. The fraction of sp³-hybridized carbons (Fsp3) is 0.320. The molecule has 1 spiro atoms. The van der Waals surface area contributed by atoms with E-state index >= 15 is 0 Å². The third-order valence-corrected chi connectivity index (χ3v) is 6.83. The normalized spacial score (nSPS) is 18.8. The highest BCUT2D eigenvalue weighted by Crippen LogP contribution is 2.38. The molecule has 0 saturated carbocycles. The van der Waals surface area contributed by atoms with Crippen molar-refractivity contribution in [3.05, 3.63) is 82.1 Å². The number of benzene rings is 2. The lowest BCUT2D eigenvalue weighted by Gasteiger charge is -2.42. The van der Waals surface area contributed by atoms with E-state index in [-0.39, 0.29) is 17.5 Å². The number of imide groups is 1. The number of para-hydroxylation sites is 1. The third-order valence-electron chi connectivity index (χ3n) is 6.83. The van der Waals surface area contributed by atoms with Gasteiger partial charge in [-0.2, -0.15) is 0 Å². The number of fused-ring (bicyclic) bond motifs is 1.